The van der Waals surface area contributed by atoms with E-state index in [1.807, 2.05) is 22.9 Å². The summed E-state index contributed by atoms with van der Waals surface area (Å²) in [5.41, 5.74) is 7.37. The van der Waals surface area contributed by atoms with Crippen LogP contribution in [0.4, 0.5) is 0 Å². The van der Waals surface area contributed by atoms with E-state index in [1.54, 1.807) is 6.33 Å². The van der Waals surface area contributed by atoms with Gasteiger partial charge in [-0.1, -0.05) is 30.3 Å². The van der Waals surface area contributed by atoms with Gasteiger partial charge in [-0.25, -0.2) is 4.98 Å². The summed E-state index contributed by atoms with van der Waals surface area (Å²) in [6.07, 6.45) is 4.57. The molecular weight excluding hydrogens is 224 g/mol. The Labute approximate surface area is 108 Å². The summed E-state index contributed by atoms with van der Waals surface area (Å²) in [5, 5.41) is 4.16. The third-order valence-electron chi connectivity index (χ3n) is 3.14. The molecule has 0 saturated heterocycles. The van der Waals surface area contributed by atoms with E-state index < -0.39 is 0 Å². The minimum atomic E-state index is 0.115. The molecule has 0 amide bonds. The molecule has 18 heavy (non-hydrogen) atoms. The van der Waals surface area contributed by atoms with E-state index in [-0.39, 0.29) is 6.04 Å². The van der Waals surface area contributed by atoms with Gasteiger partial charge in [-0.05, 0) is 25.3 Å². The largest absolute Gasteiger partial charge is 0.324 e. The summed E-state index contributed by atoms with van der Waals surface area (Å²) in [4.78, 5) is 4.27. The molecule has 1 atom stereocenters. The molecule has 4 heteroatoms. The third kappa shape index (κ3) is 3.17. The first kappa shape index (κ1) is 12.8. The van der Waals surface area contributed by atoms with Gasteiger partial charge in [0, 0.05) is 19.0 Å². The molecule has 4 nitrogen and oxygen atoms in total. The molecule has 2 aromatic rings. The maximum absolute atomic E-state index is 6.16. The average Bonchev–Trinajstić information content (AvgIpc) is 2.87. The van der Waals surface area contributed by atoms with E-state index in [1.165, 1.54) is 5.56 Å². The van der Waals surface area contributed by atoms with Gasteiger partial charge in [-0.15, -0.1) is 0 Å². The van der Waals surface area contributed by atoms with Crippen LogP contribution in [0.2, 0.25) is 0 Å². The minimum absolute atomic E-state index is 0.115. The van der Waals surface area contributed by atoms with E-state index >= 15 is 0 Å². The Morgan fingerprint density at radius 3 is 2.78 bits per heavy atom. The van der Waals surface area contributed by atoms with Crippen LogP contribution in [-0.4, -0.2) is 14.8 Å². The van der Waals surface area contributed by atoms with Crippen LogP contribution in [0, 0.1) is 0 Å². The first-order valence-corrected chi connectivity index (χ1v) is 6.48. The van der Waals surface area contributed by atoms with E-state index in [0.29, 0.717) is 0 Å². The molecule has 0 radical (unpaired) electrons. The second kappa shape index (κ2) is 6.31. The molecule has 0 bridgehead atoms. The van der Waals surface area contributed by atoms with Crippen LogP contribution in [0.15, 0.2) is 36.7 Å². The van der Waals surface area contributed by atoms with E-state index in [9.17, 15) is 0 Å². The maximum atomic E-state index is 6.16. The van der Waals surface area contributed by atoms with Crippen molar-refractivity contribution in [2.24, 2.45) is 5.73 Å². The van der Waals surface area contributed by atoms with Crippen LogP contribution >= 0.6 is 0 Å². The highest BCUT2D eigenvalue weighted by atomic mass is 15.3. The number of benzene rings is 1. The number of hydrogen-bond donors (Lipinski definition) is 1. The quantitative estimate of drug-likeness (QED) is 0.848. The van der Waals surface area contributed by atoms with E-state index in [2.05, 4.69) is 29.1 Å². The van der Waals surface area contributed by atoms with Crippen LogP contribution in [-0.2, 0) is 13.0 Å². The zero-order valence-electron chi connectivity index (χ0n) is 10.8. The third-order valence-corrected chi connectivity index (χ3v) is 3.14. The van der Waals surface area contributed by atoms with E-state index in [0.717, 1.165) is 31.6 Å². The SMILES string of the molecule is CCn1ncnc1CCCC(N)c1ccccc1. The molecule has 0 aliphatic rings. The van der Waals surface area contributed by atoms with Crippen molar-refractivity contribution in [2.45, 2.75) is 38.8 Å². The Bertz CT molecular complexity index is 464. The van der Waals surface area contributed by atoms with Gasteiger partial charge in [-0.2, -0.15) is 5.10 Å². The highest BCUT2D eigenvalue weighted by Crippen LogP contribution is 2.16. The summed E-state index contributed by atoms with van der Waals surface area (Å²) in [6, 6.07) is 10.4. The van der Waals surface area contributed by atoms with Crippen LogP contribution < -0.4 is 5.73 Å². The summed E-state index contributed by atoms with van der Waals surface area (Å²) in [6.45, 7) is 2.95. The maximum Gasteiger partial charge on any atom is 0.138 e. The van der Waals surface area contributed by atoms with E-state index in [4.69, 9.17) is 5.73 Å². The van der Waals surface area contributed by atoms with Crippen molar-refractivity contribution in [3.63, 3.8) is 0 Å². The van der Waals surface area contributed by atoms with Crippen LogP contribution in [0.25, 0.3) is 0 Å². The first-order valence-electron chi connectivity index (χ1n) is 6.48. The molecule has 0 saturated carbocycles. The van der Waals surface area contributed by atoms with Crippen LogP contribution in [0.1, 0.15) is 37.2 Å². The van der Waals surface area contributed by atoms with Crippen molar-refractivity contribution in [3.05, 3.63) is 48.0 Å². The monoisotopic (exact) mass is 244 g/mol. The molecule has 1 unspecified atom stereocenters. The predicted octanol–water partition coefficient (Wildman–Crippen LogP) is 2.32. The van der Waals surface area contributed by atoms with Gasteiger partial charge >= 0.3 is 0 Å². The van der Waals surface area contributed by atoms with Crippen molar-refractivity contribution >= 4 is 0 Å². The fourth-order valence-electron chi connectivity index (χ4n) is 2.09. The Morgan fingerprint density at radius 2 is 2.06 bits per heavy atom. The molecule has 2 N–H and O–H groups in total. The van der Waals surface area contributed by atoms with Crippen LogP contribution in [0.3, 0.4) is 0 Å². The lowest BCUT2D eigenvalue weighted by molar-refractivity contribution is 0.564. The molecule has 2 rings (SSSR count). The molecule has 0 aliphatic carbocycles. The topological polar surface area (TPSA) is 56.7 Å². The Hall–Kier alpha value is -1.68. The fourth-order valence-corrected chi connectivity index (χ4v) is 2.09. The Balaban J connectivity index is 1.82. The Kier molecular flexibility index (Phi) is 4.47. The highest BCUT2D eigenvalue weighted by molar-refractivity contribution is 5.18. The van der Waals surface area contributed by atoms with Gasteiger partial charge in [0.15, 0.2) is 0 Å². The molecule has 0 fully saturated rings. The molecule has 0 aliphatic heterocycles. The number of nitrogens with two attached hydrogens (primary N) is 1. The molecule has 1 aromatic carbocycles. The minimum Gasteiger partial charge on any atom is -0.324 e. The number of hydrogen-bond acceptors (Lipinski definition) is 3. The summed E-state index contributed by atoms with van der Waals surface area (Å²) >= 11 is 0. The smallest absolute Gasteiger partial charge is 0.138 e. The molecule has 1 heterocycles. The summed E-state index contributed by atoms with van der Waals surface area (Å²) in [5.74, 6) is 1.05. The molecule has 96 valence electrons. The molecular formula is C14H20N4. The van der Waals surface area contributed by atoms with Gasteiger partial charge in [0.05, 0.1) is 0 Å². The number of aryl methyl sites for hydroxylation is 2. The second-order valence-electron chi connectivity index (χ2n) is 4.40. The van der Waals surface area contributed by atoms with Gasteiger partial charge in [0.1, 0.15) is 12.2 Å². The standard InChI is InChI=1S/C14H20N4/c1-2-18-14(16-11-17-18)10-6-9-13(15)12-7-4-3-5-8-12/h3-5,7-8,11,13H,2,6,9-10,15H2,1H3. The molecule has 0 spiro atoms. The van der Waals surface area contributed by atoms with Crippen molar-refractivity contribution in [2.75, 3.05) is 0 Å². The fraction of sp³-hybridized carbons (Fsp3) is 0.429. The predicted molar refractivity (Wildman–Crippen MR) is 72.0 cm³/mol. The lowest BCUT2D eigenvalue weighted by Crippen LogP contribution is -2.11. The normalized spacial score (nSPS) is 12.6. The average molecular weight is 244 g/mol. The highest BCUT2D eigenvalue weighted by Gasteiger charge is 2.07. The first-order chi connectivity index (χ1) is 8.81. The lowest BCUT2D eigenvalue weighted by Gasteiger charge is -2.11. The van der Waals surface area contributed by atoms with Gasteiger partial charge in [0.25, 0.3) is 0 Å². The zero-order chi connectivity index (χ0) is 12.8. The molecule has 1 aromatic heterocycles. The number of nitrogens with zero attached hydrogens (tertiary/aromatic N) is 3. The lowest BCUT2D eigenvalue weighted by atomic mass is 10.0. The Morgan fingerprint density at radius 1 is 1.28 bits per heavy atom. The number of aromatic nitrogens is 3. The van der Waals surface area contributed by atoms with Crippen molar-refractivity contribution < 1.29 is 0 Å². The summed E-state index contributed by atoms with van der Waals surface area (Å²) in [7, 11) is 0. The summed E-state index contributed by atoms with van der Waals surface area (Å²) < 4.78 is 1.94. The van der Waals surface area contributed by atoms with Crippen molar-refractivity contribution in [1.29, 1.82) is 0 Å². The van der Waals surface area contributed by atoms with Crippen molar-refractivity contribution in [3.8, 4) is 0 Å². The second-order valence-corrected chi connectivity index (χ2v) is 4.40. The van der Waals surface area contributed by atoms with Gasteiger partial charge < -0.3 is 5.73 Å². The van der Waals surface area contributed by atoms with Crippen molar-refractivity contribution in [1.82, 2.24) is 14.8 Å². The van der Waals surface area contributed by atoms with Gasteiger partial charge in [-0.3, -0.25) is 4.68 Å². The number of rotatable bonds is 6. The van der Waals surface area contributed by atoms with Crippen LogP contribution in [0.5, 0.6) is 0 Å². The zero-order valence-corrected chi connectivity index (χ0v) is 10.8. The van der Waals surface area contributed by atoms with Gasteiger partial charge in [0.2, 0.25) is 0 Å².